The number of rotatable bonds is 12. The van der Waals surface area contributed by atoms with Crippen LogP contribution in [0.5, 0.6) is 0 Å². The van der Waals surface area contributed by atoms with Gasteiger partial charge in [-0.15, -0.1) is 0 Å². The maximum Gasteiger partial charge on any atom is 0.166 e. The van der Waals surface area contributed by atoms with E-state index in [0.717, 1.165) is 43.9 Å². The van der Waals surface area contributed by atoms with Crippen molar-refractivity contribution in [1.82, 2.24) is 20.6 Å². The summed E-state index contributed by atoms with van der Waals surface area (Å²) in [6.45, 7) is 1.90. The molecule has 2 N–H and O–H groups in total. The van der Waals surface area contributed by atoms with E-state index in [2.05, 4.69) is 44.9 Å². The van der Waals surface area contributed by atoms with Gasteiger partial charge >= 0.3 is 0 Å². The van der Waals surface area contributed by atoms with Crippen LogP contribution in [-0.2, 0) is 12.8 Å². The van der Waals surface area contributed by atoms with E-state index in [-0.39, 0.29) is 0 Å². The van der Waals surface area contributed by atoms with E-state index in [4.69, 9.17) is 12.2 Å². The summed E-state index contributed by atoms with van der Waals surface area (Å²) in [5.74, 6) is 0. The Morgan fingerprint density at radius 2 is 1.08 bits per heavy atom. The zero-order valence-electron chi connectivity index (χ0n) is 15.5. The smallest absolute Gasteiger partial charge is 0.166 e. The van der Waals surface area contributed by atoms with Gasteiger partial charge in [0.1, 0.15) is 0 Å². The van der Waals surface area contributed by atoms with Gasteiger partial charge in [-0.25, -0.2) is 0 Å². The Hall–Kier alpha value is -2.01. The number of nitrogens with zero attached hydrogens (tertiary/aromatic N) is 2. The van der Waals surface area contributed by atoms with Gasteiger partial charge in [0.05, 0.1) is 0 Å². The highest BCUT2D eigenvalue weighted by Crippen LogP contribution is 2.05. The fourth-order valence-corrected chi connectivity index (χ4v) is 3.03. The molecule has 5 heteroatoms. The van der Waals surface area contributed by atoms with E-state index in [9.17, 15) is 0 Å². The minimum absolute atomic E-state index is 0.785. The second-order valence-electron chi connectivity index (χ2n) is 6.51. The molecule has 0 saturated heterocycles. The monoisotopic (exact) mass is 370 g/mol. The summed E-state index contributed by atoms with van der Waals surface area (Å²) in [6.07, 6.45) is 16.9. The maximum absolute atomic E-state index is 5.33. The summed E-state index contributed by atoms with van der Waals surface area (Å²) >= 11 is 5.33. The van der Waals surface area contributed by atoms with Crippen LogP contribution in [0.3, 0.4) is 0 Å². The molecule has 0 aliphatic heterocycles. The van der Waals surface area contributed by atoms with E-state index in [1.165, 1.54) is 36.8 Å². The number of unbranched alkanes of at least 4 members (excludes halogenated alkanes) is 4. The Morgan fingerprint density at radius 1 is 0.654 bits per heavy atom. The molecule has 0 aliphatic carbocycles. The molecule has 2 aromatic rings. The van der Waals surface area contributed by atoms with Crippen LogP contribution in [0.15, 0.2) is 49.1 Å². The Balaban J connectivity index is 1.37. The lowest BCUT2D eigenvalue weighted by atomic mass is 10.1. The normalized spacial score (nSPS) is 10.5. The third-order valence-electron chi connectivity index (χ3n) is 4.35. The van der Waals surface area contributed by atoms with Crippen LogP contribution < -0.4 is 10.6 Å². The van der Waals surface area contributed by atoms with Gasteiger partial charge in [0.2, 0.25) is 0 Å². The molecule has 2 rings (SSSR count). The van der Waals surface area contributed by atoms with Gasteiger partial charge in [0.15, 0.2) is 5.11 Å². The highest BCUT2D eigenvalue weighted by atomic mass is 32.1. The molecule has 0 radical (unpaired) electrons. The number of pyridine rings is 2. The summed E-state index contributed by atoms with van der Waals surface area (Å²) < 4.78 is 0. The Kier molecular flexibility index (Phi) is 10.3. The van der Waals surface area contributed by atoms with Crippen LogP contribution in [0.25, 0.3) is 0 Å². The van der Waals surface area contributed by atoms with Crippen LogP contribution in [0.4, 0.5) is 0 Å². The molecule has 26 heavy (non-hydrogen) atoms. The van der Waals surface area contributed by atoms with Crippen LogP contribution >= 0.6 is 12.2 Å². The fraction of sp³-hybridized carbons (Fsp3) is 0.476. The highest BCUT2D eigenvalue weighted by molar-refractivity contribution is 7.80. The number of thiocarbonyl (C=S) groups is 1. The van der Waals surface area contributed by atoms with Crippen molar-refractivity contribution in [1.29, 1.82) is 0 Å². The Bertz CT molecular complexity index is 550. The average Bonchev–Trinajstić information content (AvgIpc) is 2.69. The molecule has 0 saturated carbocycles. The molecule has 0 atom stereocenters. The number of aryl methyl sites for hydroxylation is 2. The van der Waals surface area contributed by atoms with Crippen molar-refractivity contribution in [3.05, 3.63) is 60.2 Å². The van der Waals surface area contributed by atoms with Crippen molar-refractivity contribution in [3.8, 4) is 0 Å². The SMILES string of the molecule is S=C(NCCCCCc1ccncc1)NCCCCCc1ccncc1. The molecule has 4 nitrogen and oxygen atoms in total. The first kappa shape index (κ1) is 20.3. The van der Waals surface area contributed by atoms with E-state index in [1.54, 1.807) is 0 Å². The van der Waals surface area contributed by atoms with E-state index < -0.39 is 0 Å². The third-order valence-corrected chi connectivity index (χ3v) is 4.64. The second kappa shape index (κ2) is 13.2. The topological polar surface area (TPSA) is 49.8 Å². The number of hydrogen-bond donors (Lipinski definition) is 2. The molecule has 0 fully saturated rings. The molecule has 0 aromatic carbocycles. The van der Waals surface area contributed by atoms with Crippen LogP contribution in [0.1, 0.15) is 49.7 Å². The van der Waals surface area contributed by atoms with Crippen molar-refractivity contribution < 1.29 is 0 Å². The van der Waals surface area contributed by atoms with Gasteiger partial charge < -0.3 is 10.6 Å². The van der Waals surface area contributed by atoms with Gasteiger partial charge in [-0.3, -0.25) is 9.97 Å². The number of aromatic nitrogens is 2. The Morgan fingerprint density at radius 3 is 1.50 bits per heavy atom. The summed E-state index contributed by atoms with van der Waals surface area (Å²) in [4.78, 5) is 8.09. The van der Waals surface area contributed by atoms with Crippen LogP contribution in [0.2, 0.25) is 0 Å². The largest absolute Gasteiger partial charge is 0.363 e. The van der Waals surface area contributed by atoms with Crippen molar-refractivity contribution in [2.24, 2.45) is 0 Å². The maximum atomic E-state index is 5.33. The predicted molar refractivity (Wildman–Crippen MR) is 112 cm³/mol. The van der Waals surface area contributed by atoms with Crippen molar-refractivity contribution in [3.63, 3.8) is 0 Å². The number of nitrogens with one attached hydrogen (secondary N) is 2. The first-order valence-corrected chi connectivity index (χ1v) is 10.0. The molecule has 0 unspecified atom stereocenters. The zero-order chi connectivity index (χ0) is 18.3. The lowest BCUT2D eigenvalue weighted by Crippen LogP contribution is -2.36. The van der Waals surface area contributed by atoms with Crippen molar-refractivity contribution >= 4 is 17.3 Å². The molecule has 140 valence electrons. The highest BCUT2D eigenvalue weighted by Gasteiger charge is 1.97. The standard InChI is InChI=1S/C21H30N4S/c26-21(24-13-5-1-3-7-19-9-15-22-16-10-19)25-14-6-2-4-8-20-11-17-23-18-12-20/h9-12,15-18H,1-8,13-14H2,(H2,24,25,26). The molecule has 0 aliphatic rings. The number of hydrogen-bond acceptors (Lipinski definition) is 3. The molecule has 2 aromatic heterocycles. The first-order valence-electron chi connectivity index (χ1n) is 9.64. The first-order chi connectivity index (χ1) is 12.8. The van der Waals surface area contributed by atoms with Gasteiger partial charge in [-0.1, -0.05) is 12.8 Å². The fourth-order valence-electron chi connectivity index (χ4n) is 2.83. The Labute approximate surface area is 162 Å². The molecular weight excluding hydrogens is 340 g/mol. The summed E-state index contributed by atoms with van der Waals surface area (Å²) in [7, 11) is 0. The minimum Gasteiger partial charge on any atom is -0.363 e. The van der Waals surface area contributed by atoms with Crippen LogP contribution in [0, 0.1) is 0 Å². The van der Waals surface area contributed by atoms with Gasteiger partial charge in [0, 0.05) is 37.9 Å². The predicted octanol–water partition coefficient (Wildman–Crippen LogP) is 4.07. The van der Waals surface area contributed by atoms with E-state index in [1.807, 2.05) is 24.8 Å². The van der Waals surface area contributed by atoms with Gasteiger partial charge in [0.25, 0.3) is 0 Å². The van der Waals surface area contributed by atoms with Gasteiger partial charge in [-0.2, -0.15) is 0 Å². The summed E-state index contributed by atoms with van der Waals surface area (Å²) in [6, 6.07) is 8.37. The summed E-state index contributed by atoms with van der Waals surface area (Å²) in [5.41, 5.74) is 2.74. The van der Waals surface area contributed by atoms with E-state index in [0.29, 0.717) is 0 Å². The molecule has 0 bridgehead atoms. The molecule has 2 heterocycles. The quantitative estimate of drug-likeness (QED) is 0.436. The van der Waals surface area contributed by atoms with Crippen LogP contribution in [-0.4, -0.2) is 28.2 Å². The van der Waals surface area contributed by atoms with Crippen molar-refractivity contribution in [2.75, 3.05) is 13.1 Å². The van der Waals surface area contributed by atoms with E-state index >= 15 is 0 Å². The summed E-state index contributed by atoms with van der Waals surface area (Å²) in [5, 5.41) is 7.39. The minimum atomic E-state index is 0.785. The zero-order valence-corrected chi connectivity index (χ0v) is 16.3. The second-order valence-corrected chi connectivity index (χ2v) is 6.92. The van der Waals surface area contributed by atoms with Gasteiger partial charge in [-0.05, 0) is 86.1 Å². The lowest BCUT2D eigenvalue weighted by Gasteiger charge is -2.10. The molecular formula is C21H30N4S. The van der Waals surface area contributed by atoms with Crippen molar-refractivity contribution in [2.45, 2.75) is 51.4 Å². The molecule has 0 amide bonds. The molecule has 0 spiro atoms. The average molecular weight is 371 g/mol. The third kappa shape index (κ3) is 9.47. The lowest BCUT2D eigenvalue weighted by molar-refractivity contribution is 0.643.